The van der Waals surface area contributed by atoms with Crippen LogP contribution in [-0.4, -0.2) is 24.1 Å². The highest BCUT2D eigenvalue weighted by Crippen LogP contribution is 2.25. The Balaban J connectivity index is 2.67. The second kappa shape index (κ2) is 9.44. The van der Waals surface area contributed by atoms with Crippen molar-refractivity contribution in [3.63, 3.8) is 0 Å². The van der Waals surface area contributed by atoms with Gasteiger partial charge in [-0.2, -0.15) is 0 Å². The molecule has 0 heterocycles. The zero-order valence-electron chi connectivity index (χ0n) is 14.2. The highest BCUT2D eigenvalue weighted by molar-refractivity contribution is 5.88. The number of esters is 2. The van der Waals surface area contributed by atoms with E-state index in [0.717, 1.165) is 38.5 Å². The molecule has 124 valence electrons. The lowest BCUT2D eigenvalue weighted by Crippen LogP contribution is -2.38. The van der Waals surface area contributed by atoms with Crippen LogP contribution >= 0.6 is 0 Å². The van der Waals surface area contributed by atoms with Crippen LogP contribution < -0.4 is 0 Å². The van der Waals surface area contributed by atoms with Gasteiger partial charge in [0, 0.05) is 11.1 Å². The molecular formula is C18H28O4. The van der Waals surface area contributed by atoms with E-state index in [1.165, 1.54) is 0 Å². The van der Waals surface area contributed by atoms with Gasteiger partial charge in [0.1, 0.15) is 12.2 Å². The van der Waals surface area contributed by atoms with Crippen LogP contribution in [0.2, 0.25) is 0 Å². The second-order valence-electron chi connectivity index (χ2n) is 5.76. The molecule has 4 heteroatoms. The first-order chi connectivity index (χ1) is 10.5. The first-order valence-electron chi connectivity index (χ1n) is 8.25. The molecule has 4 nitrogen and oxygen atoms in total. The normalized spacial score (nSPS) is 23.1. The maximum absolute atomic E-state index is 12.0. The highest BCUT2D eigenvalue weighted by Gasteiger charge is 2.31. The molecular weight excluding hydrogens is 280 g/mol. The Kier molecular flexibility index (Phi) is 7.92. The monoisotopic (exact) mass is 308 g/mol. The van der Waals surface area contributed by atoms with E-state index in [-0.39, 0.29) is 24.1 Å². The fourth-order valence-corrected chi connectivity index (χ4v) is 2.57. The molecule has 0 aliphatic heterocycles. The number of carbonyl (C=O) groups excluding carboxylic acids is 2. The summed E-state index contributed by atoms with van der Waals surface area (Å²) in [5.74, 6) is -0.619. The molecule has 0 radical (unpaired) electrons. The molecule has 2 unspecified atom stereocenters. The Labute approximate surface area is 133 Å². The van der Waals surface area contributed by atoms with Crippen LogP contribution in [0.3, 0.4) is 0 Å². The third kappa shape index (κ3) is 5.66. The van der Waals surface area contributed by atoms with Crippen molar-refractivity contribution >= 4 is 11.9 Å². The predicted octanol–water partition coefficient (Wildman–Crippen LogP) is 4.10. The van der Waals surface area contributed by atoms with E-state index in [0.29, 0.717) is 11.1 Å². The minimum atomic E-state index is -0.333. The summed E-state index contributed by atoms with van der Waals surface area (Å²) in [6.45, 7) is 7.46. The summed E-state index contributed by atoms with van der Waals surface area (Å²) >= 11 is 0. The van der Waals surface area contributed by atoms with E-state index in [1.807, 2.05) is 26.0 Å². The fourth-order valence-electron chi connectivity index (χ4n) is 2.57. The molecule has 2 atom stereocenters. The molecule has 1 rings (SSSR count). The molecule has 0 aromatic carbocycles. The maximum Gasteiger partial charge on any atom is 0.333 e. The van der Waals surface area contributed by atoms with E-state index >= 15 is 0 Å². The molecule has 0 N–H and O–H groups in total. The number of hydrogen-bond acceptors (Lipinski definition) is 4. The largest absolute Gasteiger partial charge is 0.455 e. The van der Waals surface area contributed by atoms with Crippen LogP contribution in [0, 0.1) is 0 Å². The first-order valence-corrected chi connectivity index (χ1v) is 8.25. The van der Waals surface area contributed by atoms with Gasteiger partial charge in [-0.1, -0.05) is 26.0 Å². The lowest BCUT2D eigenvalue weighted by molar-refractivity contribution is -0.166. The smallest absolute Gasteiger partial charge is 0.333 e. The summed E-state index contributed by atoms with van der Waals surface area (Å²) in [5.41, 5.74) is 1.22. The van der Waals surface area contributed by atoms with E-state index in [1.54, 1.807) is 13.8 Å². The van der Waals surface area contributed by atoms with Crippen LogP contribution in [-0.2, 0) is 19.1 Å². The van der Waals surface area contributed by atoms with Gasteiger partial charge in [-0.3, -0.25) is 0 Å². The van der Waals surface area contributed by atoms with Crippen molar-refractivity contribution in [2.45, 2.75) is 78.4 Å². The molecule has 22 heavy (non-hydrogen) atoms. The van der Waals surface area contributed by atoms with Crippen molar-refractivity contribution < 1.29 is 19.1 Å². The lowest BCUT2D eigenvalue weighted by atomic mass is 9.94. The second-order valence-corrected chi connectivity index (χ2v) is 5.76. The van der Waals surface area contributed by atoms with Crippen molar-refractivity contribution in [2.75, 3.05) is 0 Å². The number of hydrogen-bond donors (Lipinski definition) is 0. The summed E-state index contributed by atoms with van der Waals surface area (Å²) in [6, 6.07) is 0. The van der Waals surface area contributed by atoms with Gasteiger partial charge in [-0.05, 0) is 52.4 Å². The van der Waals surface area contributed by atoms with Crippen LogP contribution in [0.25, 0.3) is 0 Å². The van der Waals surface area contributed by atoms with Gasteiger partial charge in [0.2, 0.25) is 0 Å². The number of ether oxygens (including phenoxy) is 2. The van der Waals surface area contributed by atoms with Gasteiger partial charge >= 0.3 is 11.9 Å². The molecule has 0 aromatic heterocycles. The van der Waals surface area contributed by atoms with Gasteiger partial charge in [0.25, 0.3) is 0 Å². The Bertz CT molecular complexity index is 406. The molecule has 0 saturated heterocycles. The lowest BCUT2D eigenvalue weighted by Gasteiger charge is -2.30. The fraction of sp³-hybridized carbons (Fsp3) is 0.667. The summed E-state index contributed by atoms with van der Waals surface area (Å²) in [4.78, 5) is 24.1. The van der Waals surface area contributed by atoms with Gasteiger partial charge in [0.15, 0.2) is 0 Å². The maximum atomic E-state index is 12.0. The summed E-state index contributed by atoms with van der Waals surface area (Å²) in [7, 11) is 0. The Hall–Kier alpha value is -1.58. The molecule has 0 spiro atoms. The van der Waals surface area contributed by atoms with Crippen molar-refractivity contribution in [3.8, 4) is 0 Å². The summed E-state index contributed by atoms with van der Waals surface area (Å²) in [5, 5.41) is 0. The minimum absolute atomic E-state index is 0.310. The average molecular weight is 308 g/mol. The summed E-state index contributed by atoms with van der Waals surface area (Å²) < 4.78 is 11.1. The Morgan fingerprint density at radius 3 is 1.55 bits per heavy atom. The van der Waals surface area contributed by atoms with E-state index in [9.17, 15) is 9.59 Å². The molecule has 1 aliphatic rings. The topological polar surface area (TPSA) is 52.6 Å². The quantitative estimate of drug-likeness (QED) is 0.547. The average Bonchev–Trinajstić information content (AvgIpc) is 2.49. The minimum Gasteiger partial charge on any atom is -0.455 e. The zero-order chi connectivity index (χ0) is 16.5. The van der Waals surface area contributed by atoms with Crippen LogP contribution in [0.5, 0.6) is 0 Å². The predicted molar refractivity (Wildman–Crippen MR) is 86.3 cm³/mol. The van der Waals surface area contributed by atoms with Gasteiger partial charge in [-0.15, -0.1) is 0 Å². The molecule has 0 aromatic rings. The summed E-state index contributed by atoms with van der Waals surface area (Å²) in [6.07, 6.45) is 8.11. The molecule has 1 aliphatic carbocycles. The van der Waals surface area contributed by atoms with Crippen molar-refractivity contribution in [1.29, 1.82) is 0 Å². The van der Waals surface area contributed by atoms with E-state index in [4.69, 9.17) is 9.47 Å². The molecule has 1 saturated carbocycles. The Morgan fingerprint density at radius 2 is 1.23 bits per heavy atom. The van der Waals surface area contributed by atoms with Crippen molar-refractivity contribution in [2.24, 2.45) is 0 Å². The van der Waals surface area contributed by atoms with Crippen molar-refractivity contribution in [1.82, 2.24) is 0 Å². The van der Waals surface area contributed by atoms with Gasteiger partial charge < -0.3 is 9.47 Å². The van der Waals surface area contributed by atoms with Crippen molar-refractivity contribution in [3.05, 3.63) is 23.3 Å². The Morgan fingerprint density at radius 1 is 0.864 bits per heavy atom. The SMILES string of the molecule is CCC=C(C)C(=O)OC1CCCCC1OC(=O)C(C)=CCC. The number of rotatable bonds is 6. The molecule has 0 bridgehead atoms. The highest BCUT2D eigenvalue weighted by atomic mass is 16.6. The van der Waals surface area contributed by atoms with E-state index < -0.39 is 0 Å². The number of allylic oxidation sites excluding steroid dienone is 2. The van der Waals surface area contributed by atoms with Gasteiger partial charge in [-0.25, -0.2) is 9.59 Å². The standard InChI is InChI=1S/C18H28O4/c1-5-9-13(3)17(19)21-15-11-7-8-12-16(15)22-18(20)14(4)10-6-2/h9-10,15-16H,5-8,11-12H2,1-4H3. The molecule has 1 fully saturated rings. The van der Waals surface area contributed by atoms with Crippen LogP contribution in [0.1, 0.15) is 66.2 Å². The van der Waals surface area contributed by atoms with Gasteiger partial charge in [0.05, 0.1) is 0 Å². The third-order valence-corrected chi connectivity index (χ3v) is 3.82. The third-order valence-electron chi connectivity index (χ3n) is 3.82. The van der Waals surface area contributed by atoms with Crippen LogP contribution in [0.4, 0.5) is 0 Å². The van der Waals surface area contributed by atoms with Crippen LogP contribution in [0.15, 0.2) is 23.3 Å². The van der Waals surface area contributed by atoms with E-state index in [2.05, 4.69) is 0 Å². The zero-order valence-corrected chi connectivity index (χ0v) is 14.2. The first kappa shape index (κ1) is 18.5. The molecule has 0 amide bonds. The number of carbonyl (C=O) groups is 2.